The number of aromatic nitrogens is 2. The smallest absolute Gasteiger partial charge is 0.272 e. The Morgan fingerprint density at radius 2 is 2.07 bits per heavy atom. The zero-order valence-corrected chi connectivity index (χ0v) is 16.6. The van der Waals surface area contributed by atoms with Crippen LogP contribution >= 0.6 is 12.4 Å². The molecule has 150 valence electrons. The largest absolute Gasteiger partial charge is 0.346 e. The molecule has 28 heavy (non-hydrogen) atoms. The van der Waals surface area contributed by atoms with Crippen LogP contribution in [0.5, 0.6) is 0 Å². The van der Waals surface area contributed by atoms with Gasteiger partial charge in [-0.3, -0.25) is 14.7 Å². The first-order valence-corrected chi connectivity index (χ1v) is 9.60. The molecule has 1 saturated heterocycles. The maximum atomic E-state index is 12.6. The number of H-pyrrole nitrogens is 1. The van der Waals surface area contributed by atoms with Crippen LogP contribution in [-0.4, -0.2) is 52.6 Å². The lowest BCUT2D eigenvalue weighted by molar-refractivity contribution is -0.130. The summed E-state index contributed by atoms with van der Waals surface area (Å²) in [5.41, 5.74) is 3.66. The molecule has 3 heterocycles. The molecule has 0 saturated carbocycles. The van der Waals surface area contributed by atoms with Crippen LogP contribution in [0.25, 0.3) is 0 Å². The first-order chi connectivity index (χ1) is 13.2. The van der Waals surface area contributed by atoms with Gasteiger partial charge >= 0.3 is 0 Å². The Balaban J connectivity index is 0.00000225. The number of amides is 2. The fourth-order valence-electron chi connectivity index (χ4n) is 3.83. The summed E-state index contributed by atoms with van der Waals surface area (Å²) in [6.07, 6.45) is 2.90. The molecule has 4 rings (SSSR count). The highest BCUT2D eigenvalue weighted by Gasteiger charge is 2.29. The summed E-state index contributed by atoms with van der Waals surface area (Å²) in [5, 5.41) is 13.5. The number of hydrogen-bond donors (Lipinski definition) is 3. The lowest BCUT2D eigenvalue weighted by atomic mass is 10.1. The number of aryl methyl sites for hydroxylation is 1. The molecule has 2 amide bonds. The molecule has 0 aliphatic carbocycles. The summed E-state index contributed by atoms with van der Waals surface area (Å²) >= 11 is 0. The van der Waals surface area contributed by atoms with Crippen LogP contribution in [0.2, 0.25) is 0 Å². The maximum absolute atomic E-state index is 12.6. The van der Waals surface area contributed by atoms with Crippen molar-refractivity contribution in [3.05, 3.63) is 52.8 Å². The van der Waals surface area contributed by atoms with E-state index in [1.165, 1.54) is 5.56 Å². The molecule has 7 nitrogen and oxygen atoms in total. The van der Waals surface area contributed by atoms with Crippen LogP contribution in [-0.2, 0) is 24.2 Å². The number of rotatable bonds is 5. The van der Waals surface area contributed by atoms with Gasteiger partial charge in [-0.2, -0.15) is 5.10 Å². The van der Waals surface area contributed by atoms with Gasteiger partial charge in [0.2, 0.25) is 5.91 Å². The normalized spacial score (nSPS) is 18.3. The Hall–Kier alpha value is -2.38. The third-order valence-corrected chi connectivity index (χ3v) is 5.37. The van der Waals surface area contributed by atoms with E-state index in [2.05, 4.69) is 20.8 Å². The minimum Gasteiger partial charge on any atom is -0.346 e. The fourth-order valence-corrected chi connectivity index (χ4v) is 3.83. The van der Waals surface area contributed by atoms with Crippen LogP contribution in [0.1, 0.15) is 40.2 Å². The van der Waals surface area contributed by atoms with Crippen molar-refractivity contribution >= 4 is 24.2 Å². The van der Waals surface area contributed by atoms with Crippen molar-refractivity contribution in [1.29, 1.82) is 0 Å². The van der Waals surface area contributed by atoms with E-state index in [0.29, 0.717) is 31.7 Å². The molecular weight excluding hydrogens is 378 g/mol. The molecule has 0 spiro atoms. The molecule has 8 heteroatoms. The average molecular weight is 404 g/mol. The average Bonchev–Trinajstić information content (AvgIpc) is 3.34. The summed E-state index contributed by atoms with van der Waals surface area (Å²) < 4.78 is 0. The summed E-state index contributed by atoms with van der Waals surface area (Å²) in [6, 6.07) is 10.0. The molecule has 1 atom stereocenters. The molecule has 0 bridgehead atoms. The second kappa shape index (κ2) is 9.21. The number of nitrogens with zero attached hydrogens (tertiary/aromatic N) is 2. The van der Waals surface area contributed by atoms with Crippen molar-refractivity contribution in [2.75, 3.05) is 19.6 Å². The summed E-state index contributed by atoms with van der Waals surface area (Å²) in [7, 11) is 0. The van der Waals surface area contributed by atoms with E-state index in [1.807, 2.05) is 35.2 Å². The monoisotopic (exact) mass is 403 g/mol. The van der Waals surface area contributed by atoms with Crippen molar-refractivity contribution in [1.82, 2.24) is 25.7 Å². The van der Waals surface area contributed by atoms with Gasteiger partial charge < -0.3 is 15.5 Å². The summed E-state index contributed by atoms with van der Waals surface area (Å²) in [4.78, 5) is 26.9. The fraction of sp³-hybridized carbons (Fsp3) is 0.450. The van der Waals surface area contributed by atoms with E-state index in [9.17, 15) is 9.59 Å². The van der Waals surface area contributed by atoms with E-state index in [4.69, 9.17) is 0 Å². The lowest BCUT2D eigenvalue weighted by Crippen LogP contribution is -2.39. The molecule has 1 aromatic carbocycles. The summed E-state index contributed by atoms with van der Waals surface area (Å²) in [6.45, 7) is 2.84. The Bertz CT molecular complexity index is 823. The van der Waals surface area contributed by atoms with Gasteiger partial charge in [0.15, 0.2) is 5.69 Å². The van der Waals surface area contributed by atoms with Gasteiger partial charge in [-0.1, -0.05) is 30.3 Å². The Kier molecular flexibility index (Phi) is 6.70. The van der Waals surface area contributed by atoms with Crippen LogP contribution in [0.3, 0.4) is 0 Å². The lowest BCUT2D eigenvalue weighted by Gasteiger charge is -2.17. The third-order valence-electron chi connectivity index (χ3n) is 5.37. The Labute approximate surface area is 170 Å². The number of halogens is 1. The zero-order chi connectivity index (χ0) is 18.6. The zero-order valence-electron chi connectivity index (χ0n) is 15.7. The molecule has 1 aromatic heterocycles. The van der Waals surface area contributed by atoms with E-state index < -0.39 is 0 Å². The van der Waals surface area contributed by atoms with Crippen LogP contribution < -0.4 is 10.6 Å². The van der Waals surface area contributed by atoms with Crippen molar-refractivity contribution in [2.45, 2.75) is 38.3 Å². The predicted molar refractivity (Wildman–Crippen MR) is 108 cm³/mol. The highest BCUT2D eigenvalue weighted by atomic mass is 35.5. The number of fused-ring (bicyclic) bond motifs is 1. The van der Waals surface area contributed by atoms with Gasteiger partial charge in [0.1, 0.15) is 0 Å². The molecule has 1 fully saturated rings. The van der Waals surface area contributed by atoms with Crippen molar-refractivity contribution in [3.63, 3.8) is 0 Å². The molecular formula is C20H26ClN5O2. The predicted octanol–water partition coefficient (Wildman–Crippen LogP) is 1.44. The number of hydrogen-bond acceptors (Lipinski definition) is 4. The topological polar surface area (TPSA) is 90.1 Å². The number of carbonyl (C=O) groups is 2. The van der Waals surface area contributed by atoms with E-state index in [0.717, 1.165) is 37.1 Å². The van der Waals surface area contributed by atoms with Crippen LogP contribution in [0.4, 0.5) is 0 Å². The van der Waals surface area contributed by atoms with E-state index in [-0.39, 0.29) is 30.3 Å². The standard InChI is InChI=1S/C20H25N5O2.ClH/c26-18(7-6-14-4-2-1-3-5-14)25-11-9-15(13-25)22-20(27)19-16-12-21-10-8-17(16)23-24-19;/h1-5,15,21H,6-13H2,(H,22,27)(H,23,24);1H. The van der Waals surface area contributed by atoms with Gasteiger partial charge in [-0.05, 0) is 18.4 Å². The number of carbonyl (C=O) groups excluding carboxylic acids is 2. The number of likely N-dealkylation sites (tertiary alicyclic amines) is 1. The number of nitrogens with one attached hydrogen (secondary N) is 3. The van der Waals surface area contributed by atoms with E-state index in [1.54, 1.807) is 0 Å². The van der Waals surface area contributed by atoms with Gasteiger partial charge in [0.05, 0.1) is 0 Å². The minimum absolute atomic E-state index is 0. The SMILES string of the molecule is Cl.O=C(NC1CCN(C(=O)CCc2ccccc2)C1)c1n[nH]c2c1CNCC2. The van der Waals surface area contributed by atoms with Crippen molar-refractivity contribution < 1.29 is 9.59 Å². The molecule has 2 aromatic rings. The first-order valence-electron chi connectivity index (χ1n) is 9.60. The quantitative estimate of drug-likeness (QED) is 0.704. The molecule has 0 radical (unpaired) electrons. The maximum Gasteiger partial charge on any atom is 0.272 e. The number of benzene rings is 1. The third kappa shape index (κ3) is 4.54. The summed E-state index contributed by atoms with van der Waals surface area (Å²) in [5.74, 6) is -0.00302. The van der Waals surface area contributed by atoms with Gasteiger partial charge in [0, 0.05) is 56.3 Å². The molecule has 2 aliphatic heterocycles. The van der Waals surface area contributed by atoms with Crippen LogP contribution in [0, 0.1) is 0 Å². The van der Waals surface area contributed by atoms with Gasteiger partial charge in [-0.25, -0.2) is 0 Å². The first kappa shape index (κ1) is 20.4. The Morgan fingerprint density at radius 1 is 1.25 bits per heavy atom. The van der Waals surface area contributed by atoms with Gasteiger partial charge in [0.25, 0.3) is 5.91 Å². The second-order valence-corrected chi connectivity index (χ2v) is 7.24. The second-order valence-electron chi connectivity index (χ2n) is 7.24. The minimum atomic E-state index is -0.153. The van der Waals surface area contributed by atoms with Gasteiger partial charge in [-0.15, -0.1) is 12.4 Å². The molecule has 1 unspecified atom stereocenters. The molecule has 2 aliphatic rings. The van der Waals surface area contributed by atoms with Crippen molar-refractivity contribution in [2.24, 2.45) is 0 Å². The van der Waals surface area contributed by atoms with Crippen molar-refractivity contribution in [3.8, 4) is 0 Å². The van der Waals surface area contributed by atoms with Crippen LogP contribution in [0.15, 0.2) is 30.3 Å². The number of aromatic amines is 1. The van der Waals surface area contributed by atoms with E-state index >= 15 is 0 Å². The Morgan fingerprint density at radius 3 is 2.89 bits per heavy atom. The molecule has 3 N–H and O–H groups in total. The highest BCUT2D eigenvalue weighted by molar-refractivity contribution is 5.94. The highest BCUT2D eigenvalue weighted by Crippen LogP contribution is 2.17.